The average Bonchev–Trinajstić information content (AvgIpc) is 3.46. The largest absolute Gasteiger partial charge is 0.355 e. The van der Waals surface area contributed by atoms with E-state index in [0.29, 0.717) is 6.37 Å². The summed E-state index contributed by atoms with van der Waals surface area (Å²) in [5, 5.41) is 9.02. The monoisotopic (exact) mass is 602 g/mol. The van der Waals surface area contributed by atoms with Crippen LogP contribution in [0.3, 0.4) is 0 Å². The van der Waals surface area contributed by atoms with Gasteiger partial charge in [0.2, 0.25) is 0 Å². The van der Waals surface area contributed by atoms with Crippen LogP contribution < -0.4 is 9.62 Å². The summed E-state index contributed by atoms with van der Waals surface area (Å²) in [6.45, 7) is 15.4. The van der Waals surface area contributed by atoms with Crippen molar-refractivity contribution in [3.8, 4) is 0 Å². The van der Waals surface area contributed by atoms with Gasteiger partial charge >= 0.3 is 0 Å². The Balaban J connectivity index is 0.000000464. The Kier molecular flexibility index (Phi) is 9.39. The zero-order chi connectivity index (χ0) is 24.2. The molecule has 0 amide bonds. The van der Waals surface area contributed by atoms with Crippen LogP contribution in [-0.4, -0.2) is 42.4 Å². The van der Waals surface area contributed by atoms with Gasteiger partial charge in [-0.25, -0.2) is 14.4 Å². The number of fused-ring (bicyclic) bond motifs is 2. The molecule has 0 aromatic carbocycles. The number of hydrogen-bond acceptors (Lipinski definition) is 7. The van der Waals surface area contributed by atoms with Crippen molar-refractivity contribution < 1.29 is 0 Å². The van der Waals surface area contributed by atoms with Gasteiger partial charge in [0, 0.05) is 31.2 Å². The van der Waals surface area contributed by atoms with E-state index in [0.717, 1.165) is 61.1 Å². The number of nitrogens with zero attached hydrogens (tertiary/aromatic N) is 7. The summed E-state index contributed by atoms with van der Waals surface area (Å²) in [5.74, 6) is 1.78. The van der Waals surface area contributed by atoms with E-state index in [9.17, 15) is 0 Å². The Bertz CT molecular complexity index is 1040. The summed E-state index contributed by atoms with van der Waals surface area (Å²) in [5.41, 5.74) is 4.13. The fourth-order valence-corrected chi connectivity index (χ4v) is 6.32. The molecule has 33 heavy (non-hydrogen) atoms. The highest BCUT2D eigenvalue weighted by Crippen LogP contribution is 2.49. The minimum absolute atomic E-state index is 0.168. The predicted octanol–water partition coefficient (Wildman–Crippen LogP) is 5.59. The maximum atomic E-state index is 4.89. The Hall–Kier alpha value is -0.970. The third kappa shape index (κ3) is 5.49. The van der Waals surface area contributed by atoms with Crippen molar-refractivity contribution in [1.29, 1.82) is 0 Å². The Morgan fingerprint density at radius 2 is 1.91 bits per heavy atom. The maximum Gasteiger partial charge on any atom is 0.183 e. The number of thiol groups is 1. The molecule has 2 aliphatic heterocycles. The Morgan fingerprint density at radius 3 is 2.52 bits per heavy atom. The zero-order valence-electron chi connectivity index (χ0n) is 20.4. The molecule has 0 bridgehead atoms. The van der Waals surface area contributed by atoms with E-state index in [1.807, 2.05) is 37.6 Å². The second kappa shape index (κ2) is 11.6. The highest BCUT2D eigenvalue weighted by molar-refractivity contribution is 14.2. The molecule has 0 radical (unpaired) electrons. The standard InChI is InChI=1S/C16H20IN8PS.C4H10.C2H6/c1-10-13-15(25(21-10)26-17)20-12(8-18-13)23-6-3-16(4-7-23)9-24-11(2-5-19-24)14(16)22-27;1-4(2)3;1-2/h2,5,8,14,22,26-27H,3-4,6-7,9H2,1H3;4H,1-3H3;1-2H3. The lowest BCUT2D eigenvalue weighted by atomic mass is 9.73. The SMILES string of the molecule is CC.CC(C)C.Cc1nn(PI)c2nc(N3CCC4(CC3)Cn3nccc3C4NS)cnc12. The number of nitrogens with one attached hydrogen (secondary N) is 1. The summed E-state index contributed by atoms with van der Waals surface area (Å²) in [6, 6.07) is 2.34. The first-order valence-corrected chi connectivity index (χ1v) is 16.1. The van der Waals surface area contributed by atoms with Gasteiger partial charge in [-0.2, -0.15) is 10.2 Å². The van der Waals surface area contributed by atoms with Crippen molar-refractivity contribution in [2.75, 3.05) is 18.0 Å². The second-order valence-corrected chi connectivity index (χ2v) is 11.3. The Labute approximate surface area is 217 Å². The van der Waals surface area contributed by atoms with Crippen molar-refractivity contribution in [3.63, 3.8) is 0 Å². The van der Waals surface area contributed by atoms with Crippen LogP contribution in [0.1, 0.15) is 64.9 Å². The maximum absolute atomic E-state index is 4.89. The van der Waals surface area contributed by atoms with E-state index >= 15 is 0 Å². The number of aromatic nitrogens is 6. The van der Waals surface area contributed by atoms with Crippen LogP contribution in [-0.2, 0) is 6.54 Å². The smallest absolute Gasteiger partial charge is 0.183 e. The van der Waals surface area contributed by atoms with Gasteiger partial charge < -0.3 is 4.90 Å². The first-order valence-electron chi connectivity index (χ1n) is 11.6. The molecule has 5 heterocycles. The average molecular weight is 603 g/mol. The number of aryl methyl sites for hydroxylation is 1. The molecule has 2 unspecified atom stereocenters. The number of piperidine rings is 1. The molecule has 11 heteroatoms. The van der Waals surface area contributed by atoms with E-state index in [4.69, 9.17) is 4.98 Å². The van der Waals surface area contributed by atoms with Crippen LogP contribution in [0.25, 0.3) is 11.2 Å². The van der Waals surface area contributed by atoms with Crippen LogP contribution >= 0.6 is 41.2 Å². The van der Waals surface area contributed by atoms with Gasteiger partial charge in [0.05, 0.1) is 30.0 Å². The van der Waals surface area contributed by atoms with Crippen molar-refractivity contribution in [2.45, 2.75) is 67.0 Å². The van der Waals surface area contributed by atoms with E-state index in [1.54, 1.807) is 0 Å². The zero-order valence-corrected chi connectivity index (χ0v) is 24.4. The number of halogens is 1. The van der Waals surface area contributed by atoms with Crippen LogP contribution in [0.4, 0.5) is 5.82 Å². The summed E-state index contributed by atoms with van der Waals surface area (Å²) < 4.78 is 7.31. The molecule has 3 aromatic rings. The number of hydrogen-bond donors (Lipinski definition) is 2. The van der Waals surface area contributed by atoms with Crippen LogP contribution in [0, 0.1) is 18.3 Å². The first-order chi connectivity index (χ1) is 15.9. The molecular formula is C22H36IN8PS. The Morgan fingerprint density at radius 1 is 1.24 bits per heavy atom. The summed E-state index contributed by atoms with van der Waals surface area (Å²) in [4.78, 5) is 11.9. The van der Waals surface area contributed by atoms with Gasteiger partial charge in [0.1, 0.15) is 11.3 Å². The molecule has 8 nitrogen and oxygen atoms in total. The van der Waals surface area contributed by atoms with Crippen molar-refractivity contribution in [3.05, 3.63) is 29.8 Å². The summed E-state index contributed by atoms with van der Waals surface area (Å²) in [7, 11) is 0. The number of rotatable bonds is 3. The highest BCUT2D eigenvalue weighted by Gasteiger charge is 2.48. The van der Waals surface area contributed by atoms with E-state index in [-0.39, 0.29) is 11.5 Å². The minimum Gasteiger partial charge on any atom is -0.355 e. The molecule has 5 rings (SSSR count). The molecule has 1 saturated heterocycles. The van der Waals surface area contributed by atoms with Gasteiger partial charge in [-0.05, 0) is 53.8 Å². The van der Waals surface area contributed by atoms with Crippen LogP contribution in [0.2, 0.25) is 0 Å². The second-order valence-electron chi connectivity index (χ2n) is 9.04. The first kappa shape index (κ1) is 26.6. The molecule has 1 N–H and O–H groups in total. The summed E-state index contributed by atoms with van der Waals surface area (Å²) >= 11 is 6.75. The third-order valence-electron chi connectivity index (χ3n) is 5.95. The van der Waals surface area contributed by atoms with Crippen LogP contribution in [0.15, 0.2) is 18.5 Å². The van der Waals surface area contributed by atoms with Gasteiger partial charge in [-0.3, -0.25) is 9.40 Å². The fraction of sp³-hybridized carbons (Fsp3) is 0.636. The lowest BCUT2D eigenvalue weighted by molar-refractivity contribution is 0.163. The van der Waals surface area contributed by atoms with E-state index < -0.39 is 0 Å². The van der Waals surface area contributed by atoms with Crippen molar-refractivity contribution >= 4 is 58.2 Å². The molecule has 182 valence electrons. The van der Waals surface area contributed by atoms with Gasteiger partial charge in [-0.1, -0.05) is 47.4 Å². The molecule has 3 aromatic heterocycles. The van der Waals surface area contributed by atoms with E-state index in [1.165, 1.54) is 5.69 Å². The summed E-state index contributed by atoms with van der Waals surface area (Å²) in [6.07, 6.45) is 6.43. The fourth-order valence-electron chi connectivity index (χ4n) is 4.48. The molecule has 1 fully saturated rings. The van der Waals surface area contributed by atoms with Gasteiger partial charge in [0.25, 0.3) is 0 Å². The number of anilines is 1. The van der Waals surface area contributed by atoms with E-state index in [2.05, 4.69) is 91.2 Å². The van der Waals surface area contributed by atoms with Crippen molar-refractivity contribution in [1.82, 2.24) is 34.0 Å². The molecule has 1 spiro atoms. The molecule has 0 saturated carbocycles. The minimum atomic E-state index is 0.168. The molecule has 2 atom stereocenters. The predicted molar refractivity (Wildman–Crippen MR) is 151 cm³/mol. The third-order valence-corrected chi connectivity index (χ3v) is 8.05. The lowest BCUT2D eigenvalue weighted by Crippen LogP contribution is -2.45. The van der Waals surface area contributed by atoms with Crippen molar-refractivity contribution in [2.24, 2.45) is 11.3 Å². The van der Waals surface area contributed by atoms with Crippen LogP contribution in [0.5, 0.6) is 0 Å². The van der Waals surface area contributed by atoms with Gasteiger partial charge in [0.15, 0.2) is 5.65 Å². The lowest BCUT2D eigenvalue weighted by Gasteiger charge is -2.42. The molecule has 0 aliphatic carbocycles. The molecule has 2 aliphatic rings. The molecular weight excluding hydrogens is 566 g/mol. The quantitative estimate of drug-likeness (QED) is 0.232. The van der Waals surface area contributed by atoms with Gasteiger partial charge in [-0.15, -0.1) is 0 Å². The highest BCUT2D eigenvalue weighted by atomic mass is 127. The normalized spacial score (nSPS) is 19.1. The topological polar surface area (TPSA) is 76.7 Å².